The van der Waals surface area contributed by atoms with Crippen LogP contribution in [-0.4, -0.2) is 57.9 Å². The van der Waals surface area contributed by atoms with Crippen molar-refractivity contribution in [1.82, 2.24) is 19.7 Å². The number of hydrogen-bond acceptors (Lipinski definition) is 5. The summed E-state index contributed by atoms with van der Waals surface area (Å²) < 4.78 is 32.8. The van der Waals surface area contributed by atoms with Gasteiger partial charge in [0.15, 0.2) is 0 Å². The predicted octanol–water partition coefficient (Wildman–Crippen LogP) is 5.34. The van der Waals surface area contributed by atoms with E-state index in [0.29, 0.717) is 28.7 Å². The van der Waals surface area contributed by atoms with E-state index in [4.69, 9.17) is 4.74 Å². The Balaban J connectivity index is 1.25. The van der Waals surface area contributed by atoms with Gasteiger partial charge in [-0.1, -0.05) is 18.2 Å². The largest absolute Gasteiger partial charge is 0.379 e. The van der Waals surface area contributed by atoms with Gasteiger partial charge in [0.1, 0.15) is 0 Å². The van der Waals surface area contributed by atoms with Crippen molar-refractivity contribution >= 4 is 17.2 Å². The Morgan fingerprint density at radius 1 is 1.14 bits per heavy atom. The van der Waals surface area contributed by atoms with Crippen LogP contribution >= 0.6 is 0 Å². The van der Waals surface area contributed by atoms with Gasteiger partial charge in [0, 0.05) is 24.7 Å². The third-order valence-electron chi connectivity index (χ3n) is 7.23. The summed E-state index contributed by atoms with van der Waals surface area (Å²) in [6, 6.07) is 8.37. The Morgan fingerprint density at radius 2 is 1.89 bits per heavy atom. The van der Waals surface area contributed by atoms with Crippen molar-refractivity contribution in [3.8, 4) is 5.69 Å². The average Bonchev–Trinajstić information content (AvgIpc) is 3.31. The van der Waals surface area contributed by atoms with E-state index in [1.807, 2.05) is 13.0 Å². The number of morpholine rings is 1. The van der Waals surface area contributed by atoms with Gasteiger partial charge in [0.25, 0.3) is 12.3 Å². The van der Waals surface area contributed by atoms with Gasteiger partial charge in [0.2, 0.25) is 0 Å². The van der Waals surface area contributed by atoms with Crippen LogP contribution in [0.15, 0.2) is 48.8 Å². The second-order valence-corrected chi connectivity index (χ2v) is 9.60. The fourth-order valence-electron chi connectivity index (χ4n) is 5.14. The maximum absolute atomic E-state index is 13.0. The van der Waals surface area contributed by atoms with Gasteiger partial charge in [-0.3, -0.25) is 14.7 Å². The predicted molar refractivity (Wildman–Crippen MR) is 138 cm³/mol. The zero-order valence-electron chi connectivity index (χ0n) is 21.1. The first kappa shape index (κ1) is 25.2. The SMILES string of the molecule is Cc1cc(NC(=O)c2cnn(-c3ccc(C(F)F)cc3)c2C)cnc1C1=CCC(N2CCOCC2)CC1. The van der Waals surface area contributed by atoms with Gasteiger partial charge in [-0.25, -0.2) is 13.5 Å². The highest BCUT2D eigenvalue weighted by atomic mass is 19.3. The highest BCUT2D eigenvalue weighted by molar-refractivity contribution is 6.05. The number of halogens is 2. The highest BCUT2D eigenvalue weighted by Gasteiger charge is 2.24. The first-order chi connectivity index (χ1) is 17.9. The molecule has 37 heavy (non-hydrogen) atoms. The van der Waals surface area contributed by atoms with E-state index in [-0.39, 0.29) is 11.5 Å². The number of amides is 1. The number of carbonyl (C=O) groups excluding carboxylic acids is 1. The molecular formula is C28H31F2N5O2. The molecule has 194 valence electrons. The van der Waals surface area contributed by atoms with Crippen LogP contribution in [0, 0.1) is 13.8 Å². The molecule has 0 spiro atoms. The molecule has 1 aromatic carbocycles. The number of aromatic nitrogens is 3. The van der Waals surface area contributed by atoms with Gasteiger partial charge in [-0.05, 0) is 62.4 Å². The molecule has 2 aromatic heterocycles. The minimum absolute atomic E-state index is 0.0567. The number of hydrogen-bond donors (Lipinski definition) is 1. The Kier molecular flexibility index (Phi) is 7.43. The molecule has 7 nitrogen and oxygen atoms in total. The van der Waals surface area contributed by atoms with E-state index in [1.54, 1.807) is 29.9 Å². The Hall–Kier alpha value is -3.43. The standard InChI is InChI=1S/C28H31F2N5O2/c1-18-15-22(16-31-26(18)20-3-7-23(8-4-20)34-11-13-37-14-12-34)33-28(36)25-17-32-35(19(25)2)24-9-5-21(6-10-24)27(29)30/h3,5-6,9-10,15-17,23,27H,4,7-8,11-14H2,1-2H3,(H,33,36). The molecule has 1 atom stereocenters. The van der Waals surface area contributed by atoms with Gasteiger partial charge in [0.05, 0.1) is 53.9 Å². The summed E-state index contributed by atoms with van der Waals surface area (Å²) in [6.07, 6.45) is 6.07. The minimum atomic E-state index is -2.53. The van der Waals surface area contributed by atoms with Gasteiger partial charge in [-0.15, -0.1) is 0 Å². The monoisotopic (exact) mass is 507 g/mol. The van der Waals surface area contributed by atoms with Crippen molar-refractivity contribution in [2.75, 3.05) is 31.6 Å². The van der Waals surface area contributed by atoms with Crippen molar-refractivity contribution < 1.29 is 18.3 Å². The molecule has 3 heterocycles. The highest BCUT2D eigenvalue weighted by Crippen LogP contribution is 2.31. The minimum Gasteiger partial charge on any atom is -0.379 e. The maximum atomic E-state index is 13.0. The molecule has 1 amide bonds. The maximum Gasteiger partial charge on any atom is 0.263 e. The number of alkyl halides is 2. The third kappa shape index (κ3) is 5.47. The van der Waals surface area contributed by atoms with E-state index in [0.717, 1.165) is 56.8 Å². The molecule has 9 heteroatoms. The summed E-state index contributed by atoms with van der Waals surface area (Å²) in [4.78, 5) is 20.2. The number of nitrogens with one attached hydrogen (secondary N) is 1. The van der Waals surface area contributed by atoms with E-state index in [1.165, 1.54) is 23.9 Å². The lowest BCUT2D eigenvalue weighted by atomic mass is 9.90. The number of aryl methyl sites for hydroxylation is 1. The first-order valence-corrected chi connectivity index (χ1v) is 12.6. The number of anilines is 1. The number of nitrogens with zero attached hydrogens (tertiary/aromatic N) is 4. The summed E-state index contributed by atoms with van der Waals surface area (Å²) in [7, 11) is 0. The average molecular weight is 508 g/mol. The molecule has 5 rings (SSSR count). The molecule has 1 saturated heterocycles. The molecular weight excluding hydrogens is 476 g/mol. The first-order valence-electron chi connectivity index (χ1n) is 12.6. The van der Waals surface area contributed by atoms with Gasteiger partial charge >= 0.3 is 0 Å². The summed E-state index contributed by atoms with van der Waals surface area (Å²) >= 11 is 0. The zero-order valence-corrected chi connectivity index (χ0v) is 21.1. The Morgan fingerprint density at radius 3 is 2.54 bits per heavy atom. The molecule has 1 fully saturated rings. The van der Waals surface area contributed by atoms with Crippen molar-refractivity contribution in [3.63, 3.8) is 0 Å². The molecule has 1 aliphatic heterocycles. The van der Waals surface area contributed by atoms with Crippen LogP contribution in [0.3, 0.4) is 0 Å². The normalized spacial score (nSPS) is 18.6. The lowest BCUT2D eigenvalue weighted by Gasteiger charge is -2.36. The number of ether oxygens (including phenoxy) is 1. The topological polar surface area (TPSA) is 72.3 Å². The lowest BCUT2D eigenvalue weighted by Crippen LogP contribution is -2.43. The van der Waals surface area contributed by atoms with Gasteiger partial charge in [-0.2, -0.15) is 5.10 Å². The van der Waals surface area contributed by atoms with Crippen LogP contribution in [0.2, 0.25) is 0 Å². The van der Waals surface area contributed by atoms with E-state index < -0.39 is 6.43 Å². The van der Waals surface area contributed by atoms with Crippen LogP contribution in [0.25, 0.3) is 11.3 Å². The van der Waals surface area contributed by atoms with Crippen LogP contribution in [0.5, 0.6) is 0 Å². The van der Waals surface area contributed by atoms with Crippen molar-refractivity contribution in [2.24, 2.45) is 0 Å². The number of rotatable bonds is 6. The second-order valence-electron chi connectivity index (χ2n) is 9.60. The zero-order chi connectivity index (χ0) is 25.9. The van der Waals surface area contributed by atoms with E-state index in [9.17, 15) is 13.6 Å². The van der Waals surface area contributed by atoms with Crippen LogP contribution in [-0.2, 0) is 4.74 Å². The van der Waals surface area contributed by atoms with Crippen LogP contribution in [0.4, 0.5) is 14.5 Å². The van der Waals surface area contributed by atoms with Crippen molar-refractivity contribution in [2.45, 2.75) is 45.6 Å². The Labute approximate surface area is 215 Å². The number of carbonyl (C=O) groups is 1. The molecule has 2 aliphatic rings. The number of pyridine rings is 1. The van der Waals surface area contributed by atoms with Crippen molar-refractivity contribution in [1.29, 1.82) is 0 Å². The van der Waals surface area contributed by atoms with Crippen LogP contribution < -0.4 is 5.32 Å². The van der Waals surface area contributed by atoms with E-state index in [2.05, 4.69) is 26.4 Å². The fraction of sp³-hybridized carbons (Fsp3) is 0.393. The summed E-state index contributed by atoms with van der Waals surface area (Å²) in [5.41, 5.74) is 5.44. The molecule has 1 N–H and O–H groups in total. The number of allylic oxidation sites excluding steroid dienone is 1. The molecule has 1 aliphatic carbocycles. The number of benzene rings is 1. The molecule has 3 aromatic rings. The lowest BCUT2D eigenvalue weighted by molar-refractivity contribution is 0.0150. The summed E-state index contributed by atoms with van der Waals surface area (Å²) in [5, 5.41) is 7.21. The summed E-state index contributed by atoms with van der Waals surface area (Å²) in [6.45, 7) is 7.42. The fourth-order valence-corrected chi connectivity index (χ4v) is 5.14. The quantitative estimate of drug-likeness (QED) is 0.488. The molecule has 0 radical (unpaired) electrons. The van der Waals surface area contributed by atoms with E-state index >= 15 is 0 Å². The Bertz CT molecular complexity index is 1300. The smallest absolute Gasteiger partial charge is 0.263 e. The van der Waals surface area contributed by atoms with Crippen molar-refractivity contribution in [3.05, 3.63) is 76.9 Å². The van der Waals surface area contributed by atoms with Gasteiger partial charge < -0.3 is 10.1 Å². The summed E-state index contributed by atoms with van der Waals surface area (Å²) in [5.74, 6) is -0.299. The second kappa shape index (κ2) is 10.9. The third-order valence-corrected chi connectivity index (χ3v) is 7.23. The molecule has 1 unspecified atom stereocenters. The molecule has 0 saturated carbocycles. The van der Waals surface area contributed by atoms with Crippen LogP contribution in [0.1, 0.15) is 58.6 Å². The molecule has 0 bridgehead atoms.